The molecule has 1 heterocycles. The first-order chi connectivity index (χ1) is 5.63. The summed E-state index contributed by atoms with van der Waals surface area (Å²) < 4.78 is 0. The Kier molecular flexibility index (Phi) is 3.23. The van der Waals surface area contributed by atoms with E-state index in [4.69, 9.17) is 0 Å². The summed E-state index contributed by atoms with van der Waals surface area (Å²) in [6.45, 7) is 5.26. The second-order valence-electron chi connectivity index (χ2n) is 3.19. The summed E-state index contributed by atoms with van der Waals surface area (Å²) in [4.78, 5) is 8.08. The molecule has 0 amide bonds. The molecule has 0 bridgehead atoms. The van der Waals surface area contributed by atoms with Gasteiger partial charge >= 0.3 is 0 Å². The fourth-order valence-corrected chi connectivity index (χ4v) is 2.34. The van der Waals surface area contributed by atoms with E-state index in [0.29, 0.717) is 0 Å². The Bertz CT molecular complexity index is 253. The Morgan fingerprint density at radius 3 is 2.58 bits per heavy atom. The molecule has 0 unspecified atom stereocenters. The Morgan fingerprint density at radius 1 is 1.42 bits per heavy atom. The van der Waals surface area contributed by atoms with Crippen molar-refractivity contribution in [3.05, 3.63) is 15.6 Å². The first kappa shape index (κ1) is 9.68. The summed E-state index contributed by atoms with van der Waals surface area (Å²) in [5.74, 6) is 0. The fourth-order valence-electron chi connectivity index (χ4n) is 1.20. The van der Waals surface area contributed by atoms with E-state index >= 15 is 0 Å². The van der Waals surface area contributed by atoms with Crippen molar-refractivity contribution in [1.29, 1.82) is 0 Å². The normalized spacial score (nSPS) is 11.1. The minimum Gasteiger partial charge on any atom is -0.304 e. The second kappa shape index (κ2) is 4.01. The zero-order valence-corrected chi connectivity index (χ0v) is 9.03. The van der Waals surface area contributed by atoms with E-state index in [1.54, 1.807) is 0 Å². The number of aromatic nitrogens is 1. The summed E-state index contributed by atoms with van der Waals surface area (Å²) in [5.41, 5.74) is 1.27. The van der Waals surface area contributed by atoms with Crippen LogP contribution in [-0.4, -0.2) is 24.0 Å². The molecule has 0 spiro atoms. The standard InChI is InChI=1S/C9H16N2S/c1-5-8-9(6-11(3)4)12-7(2)10-8/h5-6H2,1-4H3. The number of rotatable bonds is 3. The number of hydrogen-bond acceptors (Lipinski definition) is 3. The van der Waals surface area contributed by atoms with Gasteiger partial charge in [0, 0.05) is 11.4 Å². The van der Waals surface area contributed by atoms with Crippen LogP contribution < -0.4 is 0 Å². The molecule has 1 aromatic rings. The van der Waals surface area contributed by atoms with Crippen molar-refractivity contribution in [1.82, 2.24) is 9.88 Å². The molecule has 68 valence electrons. The third kappa shape index (κ3) is 2.29. The molecular weight excluding hydrogens is 168 g/mol. The van der Waals surface area contributed by atoms with Crippen LogP contribution in [0.25, 0.3) is 0 Å². The van der Waals surface area contributed by atoms with Crippen molar-refractivity contribution in [3.63, 3.8) is 0 Å². The minimum atomic E-state index is 1.02. The molecule has 3 heteroatoms. The number of nitrogens with zero attached hydrogens (tertiary/aromatic N) is 2. The van der Waals surface area contributed by atoms with Crippen LogP contribution in [0.1, 0.15) is 22.5 Å². The van der Waals surface area contributed by atoms with Crippen molar-refractivity contribution in [3.8, 4) is 0 Å². The van der Waals surface area contributed by atoms with E-state index in [2.05, 4.69) is 37.8 Å². The van der Waals surface area contributed by atoms with Gasteiger partial charge in [-0.15, -0.1) is 11.3 Å². The van der Waals surface area contributed by atoms with E-state index in [0.717, 1.165) is 13.0 Å². The molecule has 0 aliphatic rings. The van der Waals surface area contributed by atoms with Crippen LogP contribution in [0.3, 0.4) is 0 Å². The summed E-state index contributed by atoms with van der Waals surface area (Å²) in [6, 6.07) is 0. The maximum absolute atomic E-state index is 4.47. The van der Waals surface area contributed by atoms with Gasteiger partial charge in [0.05, 0.1) is 10.7 Å². The topological polar surface area (TPSA) is 16.1 Å². The second-order valence-corrected chi connectivity index (χ2v) is 4.48. The van der Waals surface area contributed by atoms with E-state index in [1.807, 2.05) is 11.3 Å². The Hall–Kier alpha value is -0.410. The molecule has 0 fully saturated rings. The van der Waals surface area contributed by atoms with Crippen molar-refractivity contribution in [2.24, 2.45) is 0 Å². The van der Waals surface area contributed by atoms with Crippen molar-refractivity contribution in [2.45, 2.75) is 26.8 Å². The molecule has 2 nitrogen and oxygen atoms in total. The summed E-state index contributed by atoms with van der Waals surface area (Å²) in [6.07, 6.45) is 1.05. The van der Waals surface area contributed by atoms with Crippen LogP contribution in [0, 0.1) is 6.92 Å². The lowest BCUT2D eigenvalue weighted by atomic mass is 10.3. The monoisotopic (exact) mass is 184 g/mol. The van der Waals surface area contributed by atoms with Gasteiger partial charge in [-0.05, 0) is 27.4 Å². The SMILES string of the molecule is CCc1nc(C)sc1CN(C)C. The van der Waals surface area contributed by atoms with E-state index in [9.17, 15) is 0 Å². The van der Waals surface area contributed by atoms with E-state index in [-0.39, 0.29) is 0 Å². The third-order valence-electron chi connectivity index (χ3n) is 1.68. The van der Waals surface area contributed by atoms with Crippen molar-refractivity contribution >= 4 is 11.3 Å². The smallest absolute Gasteiger partial charge is 0.0900 e. The molecule has 0 radical (unpaired) electrons. The molecule has 0 aromatic carbocycles. The average molecular weight is 184 g/mol. The largest absolute Gasteiger partial charge is 0.304 e. The highest BCUT2D eigenvalue weighted by Gasteiger charge is 2.07. The lowest BCUT2D eigenvalue weighted by molar-refractivity contribution is 0.404. The van der Waals surface area contributed by atoms with Crippen LogP contribution >= 0.6 is 11.3 Å². The van der Waals surface area contributed by atoms with Crippen LogP contribution in [0.15, 0.2) is 0 Å². The van der Waals surface area contributed by atoms with Crippen LogP contribution in [-0.2, 0) is 13.0 Å². The maximum atomic E-state index is 4.47. The lowest BCUT2D eigenvalue weighted by Crippen LogP contribution is -2.10. The van der Waals surface area contributed by atoms with Crippen molar-refractivity contribution in [2.75, 3.05) is 14.1 Å². The van der Waals surface area contributed by atoms with E-state index < -0.39 is 0 Å². The van der Waals surface area contributed by atoms with Gasteiger partial charge in [-0.25, -0.2) is 4.98 Å². The lowest BCUT2D eigenvalue weighted by Gasteiger charge is -2.07. The zero-order chi connectivity index (χ0) is 9.14. The molecule has 0 saturated carbocycles. The van der Waals surface area contributed by atoms with Crippen LogP contribution in [0.4, 0.5) is 0 Å². The van der Waals surface area contributed by atoms with E-state index in [1.165, 1.54) is 15.6 Å². The van der Waals surface area contributed by atoms with Gasteiger partial charge in [0.2, 0.25) is 0 Å². The molecular formula is C9H16N2S. The Balaban J connectivity index is 2.81. The number of hydrogen-bond donors (Lipinski definition) is 0. The third-order valence-corrected chi connectivity index (χ3v) is 2.68. The van der Waals surface area contributed by atoms with Gasteiger partial charge in [0.1, 0.15) is 0 Å². The minimum absolute atomic E-state index is 1.02. The Labute approximate surface area is 78.2 Å². The maximum Gasteiger partial charge on any atom is 0.0900 e. The van der Waals surface area contributed by atoms with Crippen LogP contribution in [0.5, 0.6) is 0 Å². The van der Waals surface area contributed by atoms with Crippen molar-refractivity contribution < 1.29 is 0 Å². The average Bonchev–Trinajstić information content (AvgIpc) is 2.29. The molecule has 0 saturated heterocycles. The van der Waals surface area contributed by atoms with Gasteiger partial charge in [-0.2, -0.15) is 0 Å². The summed E-state index contributed by atoms with van der Waals surface area (Å²) in [7, 11) is 4.18. The van der Waals surface area contributed by atoms with Gasteiger partial charge < -0.3 is 4.90 Å². The number of aryl methyl sites for hydroxylation is 2. The van der Waals surface area contributed by atoms with Gasteiger partial charge in [-0.3, -0.25) is 0 Å². The highest BCUT2D eigenvalue weighted by atomic mass is 32.1. The first-order valence-corrected chi connectivity index (χ1v) is 5.05. The molecule has 12 heavy (non-hydrogen) atoms. The van der Waals surface area contributed by atoms with Gasteiger partial charge in [0.15, 0.2) is 0 Å². The molecule has 0 aliphatic carbocycles. The molecule has 0 aliphatic heterocycles. The highest BCUT2D eigenvalue weighted by Crippen LogP contribution is 2.19. The van der Waals surface area contributed by atoms with Gasteiger partial charge in [0.25, 0.3) is 0 Å². The fraction of sp³-hybridized carbons (Fsp3) is 0.667. The molecule has 1 aromatic heterocycles. The zero-order valence-electron chi connectivity index (χ0n) is 8.22. The predicted octanol–water partition coefficient (Wildman–Crippen LogP) is 2.08. The molecule has 0 N–H and O–H groups in total. The molecule has 0 atom stereocenters. The van der Waals surface area contributed by atoms with Gasteiger partial charge in [-0.1, -0.05) is 6.92 Å². The summed E-state index contributed by atoms with van der Waals surface area (Å²) >= 11 is 1.81. The number of thiazole rings is 1. The first-order valence-electron chi connectivity index (χ1n) is 4.23. The molecule has 1 rings (SSSR count). The highest BCUT2D eigenvalue weighted by molar-refractivity contribution is 7.11. The summed E-state index contributed by atoms with van der Waals surface area (Å²) in [5, 5.41) is 1.18. The Morgan fingerprint density at radius 2 is 2.08 bits per heavy atom. The quantitative estimate of drug-likeness (QED) is 0.715. The predicted molar refractivity (Wildman–Crippen MR) is 53.6 cm³/mol. The van der Waals surface area contributed by atoms with Crippen LogP contribution in [0.2, 0.25) is 0 Å².